The maximum Gasteiger partial charge on any atom is 0.165 e. The normalized spacial score (nSPS) is 12.8. The van der Waals surface area contributed by atoms with Crippen LogP contribution in [0.3, 0.4) is 0 Å². The molecule has 0 aromatic heterocycles. The van der Waals surface area contributed by atoms with Crippen molar-refractivity contribution in [3.8, 4) is 5.75 Å². The van der Waals surface area contributed by atoms with E-state index in [2.05, 4.69) is 0 Å². The summed E-state index contributed by atoms with van der Waals surface area (Å²) in [5.41, 5.74) is 6.24. The first-order valence-corrected chi connectivity index (χ1v) is 4.39. The van der Waals surface area contributed by atoms with Gasteiger partial charge in [0.05, 0.1) is 0 Å². The minimum absolute atomic E-state index is 0.277. The SMILES string of the molecule is CCC[C@@H](N)c1cccc(F)c1O. The lowest BCUT2D eigenvalue weighted by atomic mass is 10.0. The highest BCUT2D eigenvalue weighted by molar-refractivity contribution is 5.35. The quantitative estimate of drug-likeness (QED) is 0.755. The maximum atomic E-state index is 12.9. The van der Waals surface area contributed by atoms with Gasteiger partial charge < -0.3 is 10.8 Å². The van der Waals surface area contributed by atoms with Crippen molar-refractivity contribution in [1.82, 2.24) is 0 Å². The highest BCUT2D eigenvalue weighted by Crippen LogP contribution is 2.27. The molecule has 3 heteroatoms. The zero-order valence-corrected chi connectivity index (χ0v) is 7.63. The van der Waals surface area contributed by atoms with Gasteiger partial charge in [0.15, 0.2) is 11.6 Å². The third-order valence-electron chi connectivity index (χ3n) is 2.02. The molecular formula is C10H14FNO. The molecule has 0 fully saturated rings. The maximum absolute atomic E-state index is 12.9. The summed E-state index contributed by atoms with van der Waals surface area (Å²) in [7, 11) is 0. The van der Waals surface area contributed by atoms with E-state index in [0.29, 0.717) is 5.56 Å². The second-order valence-electron chi connectivity index (χ2n) is 3.07. The summed E-state index contributed by atoms with van der Waals surface area (Å²) >= 11 is 0. The molecule has 0 radical (unpaired) electrons. The molecule has 0 saturated carbocycles. The predicted octanol–water partition coefficient (Wildman–Crippen LogP) is 2.33. The van der Waals surface area contributed by atoms with E-state index >= 15 is 0 Å². The zero-order chi connectivity index (χ0) is 9.84. The van der Waals surface area contributed by atoms with E-state index in [1.807, 2.05) is 6.92 Å². The van der Waals surface area contributed by atoms with E-state index < -0.39 is 5.82 Å². The van der Waals surface area contributed by atoms with Gasteiger partial charge in [0.1, 0.15) is 0 Å². The molecule has 0 aliphatic rings. The fourth-order valence-electron chi connectivity index (χ4n) is 1.30. The van der Waals surface area contributed by atoms with Crippen molar-refractivity contribution < 1.29 is 9.50 Å². The van der Waals surface area contributed by atoms with Crippen molar-refractivity contribution in [1.29, 1.82) is 0 Å². The first-order valence-electron chi connectivity index (χ1n) is 4.39. The van der Waals surface area contributed by atoms with Crippen LogP contribution in [0.25, 0.3) is 0 Å². The highest BCUT2D eigenvalue weighted by Gasteiger charge is 2.12. The number of para-hydroxylation sites is 1. The third-order valence-corrected chi connectivity index (χ3v) is 2.02. The molecule has 0 aliphatic carbocycles. The van der Waals surface area contributed by atoms with Crippen LogP contribution in [0.1, 0.15) is 31.4 Å². The number of hydrogen-bond acceptors (Lipinski definition) is 2. The molecule has 72 valence electrons. The Hall–Kier alpha value is -1.09. The van der Waals surface area contributed by atoms with E-state index in [1.165, 1.54) is 6.07 Å². The highest BCUT2D eigenvalue weighted by atomic mass is 19.1. The van der Waals surface area contributed by atoms with Crippen molar-refractivity contribution >= 4 is 0 Å². The first-order chi connectivity index (χ1) is 6.16. The molecule has 1 aromatic carbocycles. The van der Waals surface area contributed by atoms with Crippen molar-refractivity contribution in [2.75, 3.05) is 0 Å². The summed E-state index contributed by atoms with van der Waals surface area (Å²) < 4.78 is 12.9. The Labute approximate surface area is 77.2 Å². The van der Waals surface area contributed by atoms with Crippen LogP contribution in [0.5, 0.6) is 5.75 Å². The van der Waals surface area contributed by atoms with Crippen LogP contribution >= 0.6 is 0 Å². The molecule has 1 aromatic rings. The molecule has 0 heterocycles. The molecule has 0 spiro atoms. The van der Waals surface area contributed by atoms with Crippen LogP contribution in [-0.4, -0.2) is 5.11 Å². The topological polar surface area (TPSA) is 46.2 Å². The van der Waals surface area contributed by atoms with Crippen molar-refractivity contribution in [3.05, 3.63) is 29.6 Å². The van der Waals surface area contributed by atoms with Gasteiger partial charge in [-0.15, -0.1) is 0 Å². The average Bonchev–Trinajstić information content (AvgIpc) is 2.10. The Morgan fingerprint density at radius 1 is 1.54 bits per heavy atom. The van der Waals surface area contributed by atoms with Gasteiger partial charge in [0, 0.05) is 11.6 Å². The van der Waals surface area contributed by atoms with Gasteiger partial charge in [-0.3, -0.25) is 0 Å². The smallest absolute Gasteiger partial charge is 0.165 e. The van der Waals surface area contributed by atoms with Gasteiger partial charge in [-0.1, -0.05) is 25.5 Å². The Morgan fingerprint density at radius 2 is 2.23 bits per heavy atom. The number of phenolic OH excluding ortho intramolecular Hbond substituents is 1. The van der Waals surface area contributed by atoms with Gasteiger partial charge in [0.2, 0.25) is 0 Å². The summed E-state index contributed by atoms with van der Waals surface area (Å²) in [5, 5.41) is 9.34. The Balaban J connectivity index is 2.93. The fraction of sp³-hybridized carbons (Fsp3) is 0.400. The number of rotatable bonds is 3. The van der Waals surface area contributed by atoms with Crippen LogP contribution in [0.4, 0.5) is 4.39 Å². The number of nitrogens with two attached hydrogens (primary N) is 1. The van der Waals surface area contributed by atoms with Gasteiger partial charge in [-0.05, 0) is 12.5 Å². The summed E-state index contributed by atoms with van der Waals surface area (Å²) in [6, 6.07) is 4.15. The largest absolute Gasteiger partial charge is 0.505 e. The van der Waals surface area contributed by atoms with Crippen molar-refractivity contribution in [2.24, 2.45) is 5.73 Å². The van der Waals surface area contributed by atoms with Gasteiger partial charge >= 0.3 is 0 Å². The lowest BCUT2D eigenvalue weighted by Crippen LogP contribution is -2.10. The number of aromatic hydroxyl groups is 1. The number of hydrogen-bond donors (Lipinski definition) is 2. The lowest BCUT2D eigenvalue weighted by molar-refractivity contribution is 0.418. The van der Waals surface area contributed by atoms with Gasteiger partial charge in [-0.2, -0.15) is 0 Å². The second kappa shape index (κ2) is 4.23. The molecule has 3 N–H and O–H groups in total. The molecule has 1 atom stereocenters. The lowest BCUT2D eigenvalue weighted by Gasteiger charge is -2.12. The minimum Gasteiger partial charge on any atom is -0.505 e. The molecule has 1 rings (SSSR count). The predicted molar refractivity (Wildman–Crippen MR) is 49.9 cm³/mol. The van der Waals surface area contributed by atoms with Crippen LogP contribution < -0.4 is 5.73 Å². The summed E-state index contributed by atoms with van der Waals surface area (Å²) in [4.78, 5) is 0. The second-order valence-corrected chi connectivity index (χ2v) is 3.07. The molecule has 13 heavy (non-hydrogen) atoms. The molecule has 0 bridgehead atoms. The first kappa shape index (κ1) is 9.99. The average molecular weight is 183 g/mol. The zero-order valence-electron chi connectivity index (χ0n) is 7.63. The minimum atomic E-state index is -0.607. The van der Waals surface area contributed by atoms with Gasteiger partial charge in [-0.25, -0.2) is 4.39 Å². The third kappa shape index (κ3) is 2.18. The monoisotopic (exact) mass is 183 g/mol. The molecule has 0 saturated heterocycles. The van der Waals surface area contributed by atoms with Gasteiger partial charge in [0.25, 0.3) is 0 Å². The summed E-state index contributed by atoms with van der Waals surface area (Å²) in [5.74, 6) is -0.924. The molecule has 0 unspecified atom stereocenters. The number of halogens is 1. The van der Waals surface area contributed by atoms with E-state index in [-0.39, 0.29) is 11.8 Å². The van der Waals surface area contributed by atoms with Crippen molar-refractivity contribution in [3.63, 3.8) is 0 Å². The molecule has 0 amide bonds. The molecular weight excluding hydrogens is 169 g/mol. The molecule has 0 aliphatic heterocycles. The Kier molecular flexibility index (Phi) is 3.25. The summed E-state index contributed by atoms with van der Waals surface area (Å²) in [6.45, 7) is 2.00. The standard InChI is InChI=1S/C10H14FNO/c1-2-4-9(12)7-5-3-6-8(11)10(7)13/h3,5-6,9,13H,2,4,12H2,1H3/t9-/m1/s1. The van der Waals surface area contributed by atoms with E-state index in [9.17, 15) is 9.50 Å². The van der Waals surface area contributed by atoms with Crippen LogP contribution in [0.15, 0.2) is 18.2 Å². The van der Waals surface area contributed by atoms with Crippen molar-refractivity contribution in [2.45, 2.75) is 25.8 Å². The van der Waals surface area contributed by atoms with E-state index in [0.717, 1.165) is 12.8 Å². The van der Waals surface area contributed by atoms with Crippen LogP contribution in [0, 0.1) is 5.82 Å². The van der Waals surface area contributed by atoms with E-state index in [4.69, 9.17) is 5.73 Å². The van der Waals surface area contributed by atoms with E-state index in [1.54, 1.807) is 12.1 Å². The number of benzene rings is 1. The van der Waals surface area contributed by atoms with Crippen LogP contribution in [-0.2, 0) is 0 Å². The molecule has 2 nitrogen and oxygen atoms in total. The fourth-order valence-corrected chi connectivity index (χ4v) is 1.30. The Morgan fingerprint density at radius 3 is 2.85 bits per heavy atom. The van der Waals surface area contributed by atoms with Crippen LogP contribution in [0.2, 0.25) is 0 Å². The summed E-state index contributed by atoms with van der Waals surface area (Å²) in [6.07, 6.45) is 1.66. The number of phenols is 1. The Bertz CT molecular complexity index is 288.